The lowest BCUT2D eigenvalue weighted by Gasteiger charge is -2.12. The van der Waals surface area contributed by atoms with Gasteiger partial charge in [-0.15, -0.1) is 0 Å². The van der Waals surface area contributed by atoms with Crippen LogP contribution in [0.2, 0.25) is 0 Å². The quantitative estimate of drug-likeness (QED) is 0.564. The molecule has 0 radical (unpaired) electrons. The normalized spacial score (nSPS) is 11.4. The molecule has 2 nitrogen and oxygen atoms in total. The van der Waals surface area contributed by atoms with Crippen molar-refractivity contribution in [3.05, 3.63) is 23.8 Å². The molecule has 0 spiro atoms. The number of ketones is 1. The standard InChI is InChI=1S/C12H12BrF3O2S/c1-2-18-11-4-3-10(19-12(14,15)16)6-8(11)5-9(17)7-13/h3-4,6H,2,5,7H2,1H3. The molecule has 106 valence electrons. The van der Waals surface area contributed by atoms with Crippen LogP contribution < -0.4 is 4.74 Å². The molecule has 1 aromatic rings. The molecule has 19 heavy (non-hydrogen) atoms. The van der Waals surface area contributed by atoms with Crippen LogP contribution in [0.1, 0.15) is 12.5 Å². The summed E-state index contributed by atoms with van der Waals surface area (Å²) in [6.07, 6.45) is 0.0485. The third-order valence-corrected chi connectivity index (χ3v) is 3.45. The molecule has 0 aliphatic rings. The largest absolute Gasteiger partial charge is 0.494 e. The zero-order valence-electron chi connectivity index (χ0n) is 10.1. The molecule has 0 saturated heterocycles. The van der Waals surface area contributed by atoms with Crippen LogP contribution in [0.5, 0.6) is 5.75 Å². The second-order valence-corrected chi connectivity index (χ2v) is 5.30. The lowest BCUT2D eigenvalue weighted by atomic mass is 10.1. The van der Waals surface area contributed by atoms with Crippen LogP contribution >= 0.6 is 27.7 Å². The van der Waals surface area contributed by atoms with Gasteiger partial charge in [-0.1, -0.05) is 15.9 Å². The van der Waals surface area contributed by atoms with Crippen LogP contribution in [0.25, 0.3) is 0 Å². The van der Waals surface area contributed by atoms with Gasteiger partial charge in [-0.3, -0.25) is 4.79 Å². The van der Waals surface area contributed by atoms with Crippen molar-refractivity contribution < 1.29 is 22.7 Å². The Hall–Kier alpha value is -0.690. The smallest absolute Gasteiger partial charge is 0.446 e. The first-order chi connectivity index (χ1) is 8.85. The zero-order valence-corrected chi connectivity index (χ0v) is 12.5. The molecule has 0 heterocycles. The number of halogens is 4. The highest BCUT2D eigenvalue weighted by atomic mass is 79.9. The summed E-state index contributed by atoms with van der Waals surface area (Å²) in [6.45, 7) is 2.16. The fraction of sp³-hybridized carbons (Fsp3) is 0.417. The van der Waals surface area contributed by atoms with Crippen molar-refractivity contribution >= 4 is 33.5 Å². The van der Waals surface area contributed by atoms with E-state index in [0.717, 1.165) is 0 Å². The van der Waals surface area contributed by atoms with Crippen molar-refractivity contribution in [1.29, 1.82) is 0 Å². The maximum atomic E-state index is 12.3. The van der Waals surface area contributed by atoms with Crippen molar-refractivity contribution in [1.82, 2.24) is 0 Å². The fourth-order valence-corrected chi connectivity index (χ4v) is 2.25. The Kier molecular flexibility index (Phi) is 6.19. The summed E-state index contributed by atoms with van der Waals surface area (Å²) < 4.78 is 42.2. The van der Waals surface area contributed by atoms with E-state index in [0.29, 0.717) is 17.9 Å². The Labute approximate surface area is 121 Å². The Bertz CT molecular complexity index is 449. The van der Waals surface area contributed by atoms with E-state index in [-0.39, 0.29) is 34.2 Å². The number of carbonyl (C=O) groups is 1. The van der Waals surface area contributed by atoms with Gasteiger partial charge < -0.3 is 4.74 Å². The van der Waals surface area contributed by atoms with Gasteiger partial charge in [-0.2, -0.15) is 13.2 Å². The molecule has 1 rings (SSSR count). The number of rotatable bonds is 6. The summed E-state index contributed by atoms with van der Waals surface area (Å²) in [7, 11) is 0. The minimum absolute atomic E-state index is 0.0485. The van der Waals surface area contributed by atoms with E-state index in [1.807, 2.05) is 0 Å². The predicted molar refractivity (Wildman–Crippen MR) is 72.0 cm³/mol. The topological polar surface area (TPSA) is 26.3 Å². The fourth-order valence-electron chi connectivity index (χ4n) is 1.45. The summed E-state index contributed by atoms with van der Waals surface area (Å²) in [5.74, 6) is 0.332. The van der Waals surface area contributed by atoms with Crippen molar-refractivity contribution in [3.63, 3.8) is 0 Å². The molecule has 7 heteroatoms. The second kappa shape index (κ2) is 7.19. The summed E-state index contributed by atoms with van der Waals surface area (Å²) >= 11 is 2.83. The highest BCUT2D eigenvalue weighted by molar-refractivity contribution is 9.09. The Morgan fingerprint density at radius 2 is 2.11 bits per heavy atom. The lowest BCUT2D eigenvalue weighted by Crippen LogP contribution is -2.07. The maximum absolute atomic E-state index is 12.3. The molecule has 0 aromatic heterocycles. The SMILES string of the molecule is CCOc1ccc(SC(F)(F)F)cc1CC(=O)CBr. The molecule has 0 atom stereocenters. The average Bonchev–Trinajstić information content (AvgIpc) is 2.30. The van der Waals surface area contributed by atoms with Gasteiger partial charge in [-0.05, 0) is 36.9 Å². The number of alkyl halides is 4. The zero-order chi connectivity index (χ0) is 14.5. The first-order valence-corrected chi connectivity index (χ1v) is 7.38. The van der Waals surface area contributed by atoms with Gasteiger partial charge in [0.2, 0.25) is 0 Å². The van der Waals surface area contributed by atoms with Gasteiger partial charge >= 0.3 is 5.51 Å². The molecule has 0 unspecified atom stereocenters. The molecule has 0 fully saturated rings. The number of carbonyl (C=O) groups excluding carboxylic acids is 1. The van der Waals surface area contributed by atoms with Crippen LogP contribution in [0.15, 0.2) is 23.1 Å². The number of hydrogen-bond donors (Lipinski definition) is 0. The Morgan fingerprint density at radius 1 is 1.42 bits per heavy atom. The maximum Gasteiger partial charge on any atom is 0.446 e. The molecular weight excluding hydrogens is 345 g/mol. The van der Waals surface area contributed by atoms with E-state index in [9.17, 15) is 18.0 Å². The monoisotopic (exact) mass is 356 g/mol. The Balaban J connectivity index is 3.00. The van der Waals surface area contributed by atoms with E-state index in [2.05, 4.69) is 15.9 Å². The molecule has 0 amide bonds. The highest BCUT2D eigenvalue weighted by Crippen LogP contribution is 2.38. The van der Waals surface area contributed by atoms with Crippen LogP contribution in [0, 0.1) is 0 Å². The minimum Gasteiger partial charge on any atom is -0.494 e. The number of hydrogen-bond acceptors (Lipinski definition) is 3. The first-order valence-electron chi connectivity index (χ1n) is 5.45. The van der Waals surface area contributed by atoms with Gasteiger partial charge in [-0.25, -0.2) is 0 Å². The van der Waals surface area contributed by atoms with Crippen LogP contribution in [-0.4, -0.2) is 23.2 Å². The van der Waals surface area contributed by atoms with Crippen LogP contribution in [0.4, 0.5) is 13.2 Å². The molecular formula is C12H12BrF3O2S. The van der Waals surface area contributed by atoms with E-state index < -0.39 is 5.51 Å². The number of thioether (sulfide) groups is 1. The number of benzene rings is 1. The third kappa shape index (κ3) is 5.86. The van der Waals surface area contributed by atoms with Gasteiger partial charge in [0.05, 0.1) is 11.9 Å². The summed E-state index contributed by atoms with van der Waals surface area (Å²) in [6, 6.07) is 4.16. The number of Topliss-reactive ketones (excluding diaryl/α,β-unsaturated/α-hetero) is 1. The van der Waals surface area contributed by atoms with Crippen molar-refractivity contribution in [2.45, 2.75) is 23.7 Å². The molecule has 0 saturated carbocycles. The predicted octanol–water partition coefficient (Wildman–Crippen LogP) is 4.20. The number of ether oxygens (including phenoxy) is 1. The van der Waals surface area contributed by atoms with E-state index in [1.54, 1.807) is 6.92 Å². The lowest BCUT2D eigenvalue weighted by molar-refractivity contribution is -0.115. The highest BCUT2D eigenvalue weighted by Gasteiger charge is 2.29. The second-order valence-electron chi connectivity index (χ2n) is 3.60. The summed E-state index contributed by atoms with van der Waals surface area (Å²) in [5.41, 5.74) is -3.87. The van der Waals surface area contributed by atoms with E-state index >= 15 is 0 Å². The van der Waals surface area contributed by atoms with Crippen LogP contribution in [-0.2, 0) is 11.2 Å². The van der Waals surface area contributed by atoms with Crippen molar-refractivity contribution in [2.75, 3.05) is 11.9 Å². The first kappa shape index (κ1) is 16.4. The molecule has 0 aliphatic carbocycles. The summed E-state index contributed by atoms with van der Waals surface area (Å²) in [4.78, 5) is 11.5. The van der Waals surface area contributed by atoms with E-state index in [4.69, 9.17) is 4.74 Å². The molecule has 0 aliphatic heterocycles. The van der Waals surface area contributed by atoms with Crippen LogP contribution in [0.3, 0.4) is 0 Å². The van der Waals surface area contributed by atoms with Gasteiger partial charge in [0.15, 0.2) is 0 Å². The van der Waals surface area contributed by atoms with Crippen molar-refractivity contribution in [2.24, 2.45) is 0 Å². The molecule has 0 bridgehead atoms. The minimum atomic E-state index is -4.34. The molecule has 0 N–H and O–H groups in total. The van der Waals surface area contributed by atoms with Gasteiger partial charge in [0.1, 0.15) is 11.5 Å². The van der Waals surface area contributed by atoms with Gasteiger partial charge in [0, 0.05) is 16.9 Å². The Morgan fingerprint density at radius 3 is 2.63 bits per heavy atom. The van der Waals surface area contributed by atoms with Gasteiger partial charge in [0.25, 0.3) is 0 Å². The summed E-state index contributed by atoms with van der Waals surface area (Å²) in [5, 5.41) is 0.162. The van der Waals surface area contributed by atoms with Crippen molar-refractivity contribution in [3.8, 4) is 5.75 Å². The molecule has 1 aromatic carbocycles. The average molecular weight is 357 g/mol. The third-order valence-electron chi connectivity index (χ3n) is 2.10. The van der Waals surface area contributed by atoms with E-state index in [1.165, 1.54) is 18.2 Å².